The van der Waals surface area contributed by atoms with Crippen LogP contribution in [0.2, 0.25) is 0 Å². The van der Waals surface area contributed by atoms with Gasteiger partial charge in [-0.1, -0.05) is 0 Å². The third kappa shape index (κ3) is 5.01. The Hall–Kier alpha value is -3.29. The highest BCUT2D eigenvalue weighted by Gasteiger charge is 2.65. The molecule has 14 heteroatoms. The largest absolute Gasteiger partial charge is 0.352 e. The van der Waals surface area contributed by atoms with Crippen LogP contribution in [0.15, 0.2) is 12.4 Å². The molecule has 3 heterocycles. The Balaban J connectivity index is 1.13. The fourth-order valence-corrected chi connectivity index (χ4v) is 8.09. The lowest BCUT2D eigenvalue weighted by molar-refractivity contribution is -0.120. The summed E-state index contributed by atoms with van der Waals surface area (Å²) < 4.78 is 56.2. The SMILES string of the molecule is Cn1nc(C(F)F)cc1Nc1nncn1[C@H]1CCc2sc(CC(=O)[C@H]3CC34CC4)c(C(=O)NCC3CC(F)(F)C3)c2C1. The van der Waals surface area contributed by atoms with Crippen LogP contribution < -0.4 is 10.6 Å². The minimum Gasteiger partial charge on any atom is -0.352 e. The highest BCUT2D eigenvalue weighted by molar-refractivity contribution is 7.12. The number of ketones is 1. The number of fused-ring (bicyclic) bond motifs is 1. The topological polar surface area (TPSA) is 107 Å². The summed E-state index contributed by atoms with van der Waals surface area (Å²) in [4.78, 5) is 28.6. The Morgan fingerprint density at radius 3 is 2.67 bits per heavy atom. The van der Waals surface area contributed by atoms with Crippen LogP contribution in [0.4, 0.5) is 29.3 Å². The van der Waals surface area contributed by atoms with E-state index in [1.54, 1.807) is 13.4 Å². The van der Waals surface area contributed by atoms with E-state index in [9.17, 15) is 27.2 Å². The van der Waals surface area contributed by atoms with E-state index >= 15 is 0 Å². The number of aryl methyl sites for hydroxylation is 2. The van der Waals surface area contributed by atoms with Gasteiger partial charge in [0.1, 0.15) is 23.6 Å². The Morgan fingerprint density at radius 2 is 2.00 bits per heavy atom. The molecular formula is C28H31F4N7O2S. The van der Waals surface area contributed by atoms with Gasteiger partial charge >= 0.3 is 0 Å². The minimum absolute atomic E-state index is 0.0840. The molecule has 224 valence electrons. The first-order chi connectivity index (χ1) is 20.0. The van der Waals surface area contributed by atoms with Gasteiger partial charge in [-0.05, 0) is 55.4 Å². The summed E-state index contributed by atoms with van der Waals surface area (Å²) in [7, 11) is 1.55. The second-order valence-electron chi connectivity index (χ2n) is 12.4. The summed E-state index contributed by atoms with van der Waals surface area (Å²) in [5.74, 6) is -2.28. The zero-order chi connectivity index (χ0) is 29.4. The number of amides is 1. The third-order valence-corrected chi connectivity index (χ3v) is 10.7. The first-order valence-electron chi connectivity index (χ1n) is 14.3. The molecule has 2 atom stereocenters. The number of thiophene rings is 1. The lowest BCUT2D eigenvalue weighted by Gasteiger charge is -2.34. The van der Waals surface area contributed by atoms with Gasteiger partial charge in [0.15, 0.2) is 0 Å². The van der Waals surface area contributed by atoms with Gasteiger partial charge in [0, 0.05) is 60.6 Å². The molecule has 42 heavy (non-hydrogen) atoms. The van der Waals surface area contributed by atoms with E-state index in [-0.39, 0.29) is 66.5 Å². The van der Waals surface area contributed by atoms with Crippen molar-refractivity contribution in [2.24, 2.45) is 24.3 Å². The van der Waals surface area contributed by atoms with E-state index in [1.165, 1.54) is 22.1 Å². The zero-order valence-corrected chi connectivity index (χ0v) is 23.8. The van der Waals surface area contributed by atoms with Gasteiger partial charge in [-0.3, -0.25) is 18.8 Å². The van der Waals surface area contributed by atoms with E-state index in [0.717, 1.165) is 41.0 Å². The van der Waals surface area contributed by atoms with Crippen molar-refractivity contribution in [3.8, 4) is 0 Å². The average molecular weight is 606 g/mol. The number of anilines is 2. The molecule has 0 unspecified atom stereocenters. The standard InChI is InChI=1S/C28H31F4N7O2S/c1-38-22(7-18(37-38)24(29)30)35-26-36-34-13-39(26)15-2-3-20-16(6-15)23(25(41)33-12-14-9-28(31,32)10-14)21(42-20)8-19(40)17-11-27(17)4-5-27/h7,13-15,17,24H,2-6,8-12H2,1H3,(H,33,41)(H,35,36)/t15-,17+/m0/s1. The number of halogens is 4. The first-order valence-corrected chi connectivity index (χ1v) is 15.1. The van der Waals surface area contributed by atoms with Crippen molar-refractivity contribution in [3.63, 3.8) is 0 Å². The summed E-state index contributed by atoms with van der Waals surface area (Å²) >= 11 is 1.51. The second kappa shape index (κ2) is 9.88. The summed E-state index contributed by atoms with van der Waals surface area (Å²) in [6, 6.07) is 1.13. The molecule has 2 N–H and O–H groups in total. The Labute approximate surface area is 243 Å². The molecule has 1 spiro atoms. The Kier molecular flexibility index (Phi) is 6.48. The lowest BCUT2D eigenvalue weighted by atomic mass is 9.81. The number of hydrogen-bond donors (Lipinski definition) is 2. The highest BCUT2D eigenvalue weighted by Crippen LogP contribution is 2.71. The third-order valence-electron chi connectivity index (χ3n) is 9.39. The van der Waals surface area contributed by atoms with Gasteiger partial charge < -0.3 is 10.6 Å². The number of alkyl halides is 4. The highest BCUT2D eigenvalue weighted by atomic mass is 32.1. The van der Waals surface area contributed by atoms with Crippen molar-refractivity contribution in [3.05, 3.63) is 39.0 Å². The number of carbonyl (C=O) groups is 2. The van der Waals surface area contributed by atoms with Crippen molar-refractivity contribution in [1.82, 2.24) is 29.9 Å². The number of nitrogens with one attached hydrogen (secondary N) is 2. The summed E-state index contributed by atoms with van der Waals surface area (Å²) in [6.45, 7) is 0.173. The molecule has 9 nitrogen and oxygen atoms in total. The smallest absolute Gasteiger partial charge is 0.282 e. The van der Waals surface area contributed by atoms with E-state index in [2.05, 4.69) is 25.9 Å². The molecule has 0 aliphatic heterocycles. The van der Waals surface area contributed by atoms with Crippen molar-refractivity contribution >= 4 is 34.8 Å². The number of nitrogens with zero attached hydrogens (tertiary/aromatic N) is 5. The van der Waals surface area contributed by atoms with Gasteiger partial charge in [0.2, 0.25) is 11.9 Å². The van der Waals surface area contributed by atoms with E-state index in [4.69, 9.17) is 0 Å². The quantitative estimate of drug-likeness (QED) is 0.309. The van der Waals surface area contributed by atoms with Gasteiger partial charge in [0.25, 0.3) is 12.3 Å². The van der Waals surface area contributed by atoms with E-state index in [1.807, 2.05) is 4.57 Å². The molecule has 3 saturated carbocycles. The second-order valence-corrected chi connectivity index (χ2v) is 13.6. The molecule has 0 saturated heterocycles. The van der Waals surface area contributed by atoms with E-state index < -0.39 is 12.3 Å². The number of hydrogen-bond acceptors (Lipinski definition) is 7. The van der Waals surface area contributed by atoms with Gasteiger partial charge in [0.05, 0.1) is 5.56 Å². The minimum atomic E-state index is -2.71. The maximum atomic E-state index is 13.6. The molecule has 3 aromatic rings. The van der Waals surface area contributed by atoms with Gasteiger partial charge in [-0.15, -0.1) is 21.5 Å². The molecule has 0 aromatic carbocycles. The average Bonchev–Trinajstić information content (AvgIpc) is 3.68. The number of Topliss-reactive ketones (excluding diaryl/α,β-unsaturated/α-hetero) is 1. The van der Waals surface area contributed by atoms with Crippen LogP contribution in [0.25, 0.3) is 0 Å². The first kappa shape index (κ1) is 27.5. The summed E-state index contributed by atoms with van der Waals surface area (Å²) in [5.41, 5.74) is 1.24. The van der Waals surface area contributed by atoms with Crippen molar-refractivity contribution in [1.29, 1.82) is 0 Å². The van der Waals surface area contributed by atoms with Crippen LogP contribution in [0, 0.1) is 17.3 Å². The van der Waals surface area contributed by atoms with E-state index in [0.29, 0.717) is 30.2 Å². The van der Waals surface area contributed by atoms with Gasteiger partial charge in [-0.25, -0.2) is 17.6 Å². The maximum absolute atomic E-state index is 13.6. The van der Waals surface area contributed by atoms with Crippen molar-refractivity contribution < 1.29 is 27.2 Å². The molecule has 0 bridgehead atoms. The Morgan fingerprint density at radius 1 is 1.21 bits per heavy atom. The molecule has 3 fully saturated rings. The van der Waals surface area contributed by atoms with Crippen LogP contribution in [0.5, 0.6) is 0 Å². The van der Waals surface area contributed by atoms with Crippen LogP contribution in [-0.2, 0) is 31.1 Å². The number of carbonyl (C=O) groups excluding carboxylic acids is 2. The van der Waals surface area contributed by atoms with Gasteiger partial charge in [-0.2, -0.15) is 5.10 Å². The fraction of sp³-hybridized carbons (Fsp3) is 0.607. The number of aromatic nitrogens is 5. The molecular weight excluding hydrogens is 574 g/mol. The lowest BCUT2D eigenvalue weighted by Crippen LogP contribution is -2.42. The summed E-state index contributed by atoms with van der Waals surface area (Å²) in [6.07, 6.45) is 3.64. The monoisotopic (exact) mass is 605 g/mol. The number of rotatable bonds is 10. The van der Waals surface area contributed by atoms with Crippen molar-refractivity contribution in [2.75, 3.05) is 11.9 Å². The fourth-order valence-electron chi connectivity index (χ4n) is 6.73. The van der Waals surface area contributed by atoms with Crippen LogP contribution >= 0.6 is 11.3 Å². The van der Waals surface area contributed by atoms with Crippen LogP contribution in [-0.4, -0.2) is 48.7 Å². The molecule has 1 amide bonds. The predicted molar refractivity (Wildman–Crippen MR) is 145 cm³/mol. The van der Waals surface area contributed by atoms with Crippen LogP contribution in [0.1, 0.15) is 82.4 Å². The molecule has 4 aliphatic carbocycles. The van der Waals surface area contributed by atoms with Crippen LogP contribution in [0.3, 0.4) is 0 Å². The molecule has 4 aliphatic rings. The molecule has 3 aromatic heterocycles. The maximum Gasteiger partial charge on any atom is 0.282 e. The predicted octanol–water partition coefficient (Wildman–Crippen LogP) is 5.17. The van der Waals surface area contributed by atoms with Crippen molar-refractivity contribution in [2.45, 2.75) is 76.2 Å². The molecule has 7 rings (SSSR count). The zero-order valence-electron chi connectivity index (χ0n) is 23.0. The molecule has 0 radical (unpaired) electrons. The Bertz CT molecular complexity index is 1550. The normalized spacial score (nSPS) is 23.5. The summed E-state index contributed by atoms with van der Waals surface area (Å²) in [5, 5.41) is 17.9.